The zero-order chi connectivity index (χ0) is 17.4. The standard InChI is InChI=1S/C19H21ClN2O2S/c20-18-8-6-15(7-9-18)10-21-11-16-13-22(14-17(16)12-21)25(23,24)19-4-2-1-3-5-19/h1-9,16-17H,10-14H2/t16-,17+. The van der Waals surface area contributed by atoms with Gasteiger partial charge in [0.05, 0.1) is 4.90 Å². The third-order valence-electron chi connectivity index (χ3n) is 5.23. The van der Waals surface area contributed by atoms with Crippen LogP contribution in [0.15, 0.2) is 59.5 Å². The first-order valence-electron chi connectivity index (χ1n) is 8.54. The van der Waals surface area contributed by atoms with Crippen LogP contribution in [0.4, 0.5) is 0 Å². The average molecular weight is 377 g/mol. The summed E-state index contributed by atoms with van der Waals surface area (Å²) in [6.07, 6.45) is 0. The summed E-state index contributed by atoms with van der Waals surface area (Å²) in [4.78, 5) is 2.82. The smallest absolute Gasteiger partial charge is 0.243 e. The molecule has 0 spiro atoms. The minimum atomic E-state index is -3.36. The van der Waals surface area contributed by atoms with Crippen LogP contribution in [-0.2, 0) is 16.6 Å². The number of fused-ring (bicyclic) bond motifs is 1. The van der Waals surface area contributed by atoms with Crippen molar-refractivity contribution in [1.82, 2.24) is 9.21 Å². The predicted molar refractivity (Wildman–Crippen MR) is 98.9 cm³/mol. The van der Waals surface area contributed by atoms with Crippen LogP contribution in [0.3, 0.4) is 0 Å². The van der Waals surface area contributed by atoms with Gasteiger partial charge in [-0.05, 0) is 41.7 Å². The highest BCUT2D eigenvalue weighted by Gasteiger charge is 2.44. The van der Waals surface area contributed by atoms with E-state index in [-0.39, 0.29) is 0 Å². The molecular formula is C19H21ClN2O2S. The molecule has 0 amide bonds. The molecule has 4 nitrogen and oxygen atoms in total. The van der Waals surface area contributed by atoms with Crippen LogP contribution in [-0.4, -0.2) is 43.8 Å². The fourth-order valence-electron chi connectivity index (χ4n) is 3.96. The largest absolute Gasteiger partial charge is 0.298 e. The van der Waals surface area contributed by atoms with Crippen molar-refractivity contribution in [3.8, 4) is 0 Å². The minimum absolute atomic E-state index is 0.396. The Hall–Kier alpha value is -1.40. The number of sulfonamides is 1. The third-order valence-corrected chi connectivity index (χ3v) is 7.33. The van der Waals surface area contributed by atoms with Gasteiger partial charge in [0.2, 0.25) is 10.0 Å². The first-order chi connectivity index (χ1) is 12.0. The second kappa shape index (κ2) is 6.72. The fourth-order valence-corrected chi connectivity index (χ4v) is 5.66. The van der Waals surface area contributed by atoms with E-state index in [2.05, 4.69) is 17.0 Å². The predicted octanol–water partition coefficient (Wildman–Crippen LogP) is 3.09. The lowest BCUT2D eigenvalue weighted by Crippen LogP contribution is -2.33. The first-order valence-corrected chi connectivity index (χ1v) is 10.4. The lowest BCUT2D eigenvalue weighted by atomic mass is 10.0. The molecular weight excluding hydrogens is 356 g/mol. The molecule has 4 rings (SSSR count). The summed E-state index contributed by atoms with van der Waals surface area (Å²) in [5.41, 5.74) is 1.25. The molecule has 0 saturated carbocycles. The molecule has 2 aromatic rings. The highest BCUT2D eigenvalue weighted by Crippen LogP contribution is 2.34. The molecule has 2 saturated heterocycles. The Bertz CT molecular complexity index is 825. The molecule has 0 unspecified atom stereocenters. The zero-order valence-electron chi connectivity index (χ0n) is 13.9. The van der Waals surface area contributed by atoms with Crippen LogP contribution in [0.1, 0.15) is 5.56 Å². The quantitative estimate of drug-likeness (QED) is 0.823. The van der Waals surface area contributed by atoms with Crippen molar-refractivity contribution >= 4 is 21.6 Å². The van der Waals surface area contributed by atoms with Crippen molar-refractivity contribution in [2.75, 3.05) is 26.2 Å². The molecule has 2 fully saturated rings. The number of hydrogen-bond acceptors (Lipinski definition) is 3. The maximum absolute atomic E-state index is 12.8. The van der Waals surface area contributed by atoms with Gasteiger partial charge >= 0.3 is 0 Å². The van der Waals surface area contributed by atoms with E-state index in [1.165, 1.54) is 5.56 Å². The molecule has 0 radical (unpaired) electrons. The van der Waals surface area contributed by atoms with Crippen molar-refractivity contribution in [3.63, 3.8) is 0 Å². The van der Waals surface area contributed by atoms with Crippen molar-refractivity contribution in [1.29, 1.82) is 0 Å². The van der Waals surface area contributed by atoms with E-state index < -0.39 is 10.0 Å². The van der Waals surface area contributed by atoms with Gasteiger partial charge in [0.25, 0.3) is 0 Å². The summed E-state index contributed by atoms with van der Waals surface area (Å²) < 4.78 is 27.2. The van der Waals surface area contributed by atoms with E-state index in [0.717, 1.165) is 24.7 Å². The Morgan fingerprint density at radius 3 is 2.08 bits per heavy atom. The second-order valence-electron chi connectivity index (χ2n) is 6.98. The van der Waals surface area contributed by atoms with E-state index in [4.69, 9.17) is 11.6 Å². The summed E-state index contributed by atoms with van der Waals surface area (Å²) in [6.45, 7) is 4.05. The maximum Gasteiger partial charge on any atom is 0.243 e. The zero-order valence-corrected chi connectivity index (χ0v) is 15.5. The SMILES string of the molecule is O=S(=O)(c1ccccc1)N1C[C@H]2CN(Cc3ccc(Cl)cc3)C[C@H]2C1. The summed E-state index contributed by atoms with van der Waals surface area (Å²) in [7, 11) is -3.36. The van der Waals surface area contributed by atoms with Gasteiger partial charge in [0.15, 0.2) is 0 Å². The van der Waals surface area contributed by atoms with Crippen LogP contribution in [0.2, 0.25) is 5.02 Å². The normalized spacial score (nSPS) is 24.5. The molecule has 2 atom stereocenters. The van der Waals surface area contributed by atoms with Gasteiger partial charge in [0.1, 0.15) is 0 Å². The van der Waals surface area contributed by atoms with Gasteiger partial charge in [0, 0.05) is 37.7 Å². The van der Waals surface area contributed by atoms with E-state index >= 15 is 0 Å². The van der Waals surface area contributed by atoms with E-state index in [0.29, 0.717) is 29.8 Å². The molecule has 25 heavy (non-hydrogen) atoms. The lowest BCUT2D eigenvalue weighted by Gasteiger charge is -2.21. The van der Waals surface area contributed by atoms with Crippen molar-refractivity contribution in [2.24, 2.45) is 11.8 Å². The van der Waals surface area contributed by atoms with Crippen molar-refractivity contribution < 1.29 is 8.42 Å². The molecule has 6 heteroatoms. The first kappa shape index (κ1) is 17.0. The maximum atomic E-state index is 12.8. The summed E-state index contributed by atoms with van der Waals surface area (Å²) >= 11 is 5.94. The monoisotopic (exact) mass is 376 g/mol. The number of likely N-dealkylation sites (tertiary alicyclic amines) is 1. The van der Waals surface area contributed by atoms with Gasteiger partial charge in [-0.25, -0.2) is 8.42 Å². The molecule has 0 aromatic heterocycles. The molecule has 2 aliphatic rings. The van der Waals surface area contributed by atoms with E-state index in [9.17, 15) is 8.42 Å². The van der Waals surface area contributed by atoms with Crippen LogP contribution in [0.25, 0.3) is 0 Å². The number of hydrogen-bond donors (Lipinski definition) is 0. The minimum Gasteiger partial charge on any atom is -0.298 e. The Balaban J connectivity index is 1.40. The highest BCUT2D eigenvalue weighted by molar-refractivity contribution is 7.89. The van der Waals surface area contributed by atoms with Crippen LogP contribution < -0.4 is 0 Å². The highest BCUT2D eigenvalue weighted by atomic mass is 35.5. The number of nitrogens with zero attached hydrogens (tertiary/aromatic N) is 2. The summed E-state index contributed by atoms with van der Waals surface area (Å²) in [5.74, 6) is 0.844. The molecule has 0 bridgehead atoms. The number of halogens is 1. The molecule has 132 valence electrons. The molecule has 2 heterocycles. The molecule has 0 N–H and O–H groups in total. The van der Waals surface area contributed by atoms with Crippen molar-refractivity contribution in [3.05, 3.63) is 65.2 Å². The van der Waals surface area contributed by atoms with Gasteiger partial charge < -0.3 is 0 Å². The number of benzene rings is 2. The Morgan fingerprint density at radius 2 is 1.48 bits per heavy atom. The lowest BCUT2D eigenvalue weighted by molar-refractivity contribution is 0.289. The van der Waals surface area contributed by atoms with E-state index in [1.54, 1.807) is 28.6 Å². The summed E-state index contributed by atoms with van der Waals surface area (Å²) in [5, 5.41) is 0.754. The average Bonchev–Trinajstić information content (AvgIpc) is 3.17. The van der Waals surface area contributed by atoms with Crippen LogP contribution in [0.5, 0.6) is 0 Å². The molecule has 2 aromatic carbocycles. The third kappa shape index (κ3) is 3.47. The topological polar surface area (TPSA) is 40.6 Å². The Labute approximate surface area is 154 Å². The fraction of sp³-hybridized carbons (Fsp3) is 0.368. The second-order valence-corrected chi connectivity index (χ2v) is 9.35. The molecule has 2 aliphatic heterocycles. The van der Waals surface area contributed by atoms with Crippen molar-refractivity contribution in [2.45, 2.75) is 11.4 Å². The number of rotatable bonds is 4. The van der Waals surface area contributed by atoms with Gasteiger partial charge in [-0.15, -0.1) is 0 Å². The van der Waals surface area contributed by atoms with Gasteiger partial charge in [-0.2, -0.15) is 4.31 Å². The molecule has 0 aliphatic carbocycles. The summed E-state index contributed by atoms with van der Waals surface area (Å²) in [6, 6.07) is 16.7. The van der Waals surface area contributed by atoms with E-state index in [1.807, 2.05) is 18.2 Å². The van der Waals surface area contributed by atoms with Gasteiger partial charge in [-0.1, -0.05) is 41.9 Å². The van der Waals surface area contributed by atoms with Gasteiger partial charge in [-0.3, -0.25) is 4.90 Å². The Kier molecular flexibility index (Phi) is 4.58. The van der Waals surface area contributed by atoms with Crippen LogP contribution in [0, 0.1) is 11.8 Å². The Morgan fingerprint density at radius 1 is 0.880 bits per heavy atom. The van der Waals surface area contributed by atoms with Crippen LogP contribution >= 0.6 is 11.6 Å².